The molecule has 0 saturated carbocycles. The van der Waals surface area contributed by atoms with E-state index in [2.05, 4.69) is 0 Å². The number of likely N-dealkylation sites (N-methyl/N-ethyl adjacent to an activating group) is 1. The Labute approximate surface area is 115 Å². The molecule has 0 aliphatic rings. The minimum atomic E-state index is -0.826. The largest absolute Gasteiger partial charge is 0.508 e. The highest BCUT2D eigenvalue weighted by molar-refractivity contribution is 5.85. The van der Waals surface area contributed by atoms with Gasteiger partial charge in [0.15, 0.2) is 0 Å². The fourth-order valence-corrected chi connectivity index (χ4v) is 1.98. The second-order valence-electron chi connectivity index (χ2n) is 4.94. The zero-order valence-electron chi connectivity index (χ0n) is 12.3. The van der Waals surface area contributed by atoms with Gasteiger partial charge in [0.05, 0.1) is 6.04 Å². The molecule has 0 aliphatic heterocycles. The second-order valence-corrected chi connectivity index (χ2v) is 4.94. The quantitative estimate of drug-likeness (QED) is 0.890. The predicted molar refractivity (Wildman–Crippen MR) is 75.0 cm³/mol. The van der Waals surface area contributed by atoms with Crippen LogP contribution < -0.4 is 0 Å². The van der Waals surface area contributed by atoms with Gasteiger partial charge in [-0.2, -0.15) is 0 Å². The molecule has 2 unspecified atom stereocenters. The number of phenolic OH excluding ortho intramolecular Hbond substituents is 1. The van der Waals surface area contributed by atoms with Crippen molar-refractivity contribution in [3.05, 3.63) is 29.8 Å². The van der Waals surface area contributed by atoms with Crippen molar-refractivity contribution in [2.75, 3.05) is 14.2 Å². The van der Waals surface area contributed by atoms with E-state index in [1.807, 2.05) is 26.0 Å². The van der Waals surface area contributed by atoms with Crippen LogP contribution in [0.5, 0.6) is 5.75 Å². The molecule has 19 heavy (non-hydrogen) atoms. The van der Waals surface area contributed by atoms with Gasteiger partial charge in [0.1, 0.15) is 11.4 Å². The lowest BCUT2D eigenvalue weighted by atomic mass is 9.99. The second kappa shape index (κ2) is 6.06. The lowest BCUT2D eigenvalue weighted by Gasteiger charge is -2.34. The molecule has 0 aromatic heterocycles. The monoisotopic (exact) mass is 265 g/mol. The van der Waals surface area contributed by atoms with Crippen molar-refractivity contribution < 1.29 is 14.6 Å². The van der Waals surface area contributed by atoms with Gasteiger partial charge in [0, 0.05) is 19.7 Å². The van der Waals surface area contributed by atoms with Gasteiger partial charge >= 0.3 is 0 Å². The highest BCUT2D eigenvalue weighted by atomic mass is 16.5. The number of methoxy groups -OCH3 is 1. The molecule has 1 rings (SSSR count). The van der Waals surface area contributed by atoms with E-state index in [1.165, 1.54) is 0 Å². The first-order valence-corrected chi connectivity index (χ1v) is 6.47. The zero-order valence-corrected chi connectivity index (χ0v) is 12.3. The average Bonchev–Trinajstić information content (AvgIpc) is 2.44. The number of hydrogen-bond donors (Lipinski definition) is 1. The molecular formula is C15H23NO3. The fraction of sp³-hybridized carbons (Fsp3) is 0.533. The Kier molecular flexibility index (Phi) is 4.95. The topological polar surface area (TPSA) is 49.8 Å². The Morgan fingerprint density at radius 2 is 2.05 bits per heavy atom. The van der Waals surface area contributed by atoms with Crippen LogP contribution in [0, 0.1) is 0 Å². The Bertz CT molecular complexity index is 441. The number of para-hydroxylation sites is 1. The standard InChI is InChI=1S/C15H23NO3/c1-6-15(3,19-5)14(18)16(4)11(2)12-9-7-8-10-13(12)17/h7-11,17H,6H2,1-5H3. The smallest absolute Gasteiger partial charge is 0.254 e. The van der Waals surface area contributed by atoms with Crippen molar-refractivity contribution in [1.29, 1.82) is 0 Å². The van der Waals surface area contributed by atoms with Crippen LogP contribution in [-0.4, -0.2) is 35.7 Å². The molecule has 4 nitrogen and oxygen atoms in total. The molecule has 0 aliphatic carbocycles. The van der Waals surface area contributed by atoms with E-state index in [4.69, 9.17) is 4.74 Å². The molecular weight excluding hydrogens is 242 g/mol. The van der Waals surface area contributed by atoms with Gasteiger partial charge in [-0.25, -0.2) is 0 Å². The van der Waals surface area contributed by atoms with Gasteiger partial charge in [0.2, 0.25) is 0 Å². The molecule has 4 heteroatoms. The third-order valence-corrected chi connectivity index (χ3v) is 3.87. The molecule has 106 valence electrons. The van der Waals surface area contributed by atoms with Crippen LogP contribution in [0.3, 0.4) is 0 Å². The summed E-state index contributed by atoms with van der Waals surface area (Å²) in [6.07, 6.45) is 0.597. The molecule has 0 radical (unpaired) electrons. The number of carbonyl (C=O) groups excluding carboxylic acids is 1. The number of phenols is 1. The molecule has 0 saturated heterocycles. The number of ether oxygens (including phenoxy) is 1. The summed E-state index contributed by atoms with van der Waals surface area (Å²) < 4.78 is 5.33. The van der Waals surface area contributed by atoms with Crippen LogP contribution >= 0.6 is 0 Å². The summed E-state index contributed by atoms with van der Waals surface area (Å²) in [5.41, 5.74) is -0.0964. The Balaban J connectivity index is 2.98. The van der Waals surface area contributed by atoms with Crippen LogP contribution in [0.2, 0.25) is 0 Å². The van der Waals surface area contributed by atoms with Crippen LogP contribution in [0.1, 0.15) is 38.8 Å². The summed E-state index contributed by atoms with van der Waals surface area (Å²) in [5.74, 6) is 0.110. The van der Waals surface area contributed by atoms with E-state index < -0.39 is 5.60 Å². The first kappa shape index (κ1) is 15.5. The summed E-state index contributed by atoms with van der Waals surface area (Å²) >= 11 is 0. The maximum Gasteiger partial charge on any atom is 0.254 e. The molecule has 1 N–H and O–H groups in total. The number of rotatable bonds is 5. The third-order valence-electron chi connectivity index (χ3n) is 3.87. The Morgan fingerprint density at radius 3 is 2.53 bits per heavy atom. The van der Waals surface area contributed by atoms with Gasteiger partial charge < -0.3 is 14.7 Å². The average molecular weight is 265 g/mol. The number of benzene rings is 1. The van der Waals surface area contributed by atoms with Crippen molar-refractivity contribution in [3.8, 4) is 5.75 Å². The maximum absolute atomic E-state index is 12.5. The summed E-state index contributed by atoms with van der Waals surface area (Å²) in [6.45, 7) is 5.59. The lowest BCUT2D eigenvalue weighted by Crippen LogP contribution is -2.47. The molecule has 0 spiro atoms. The first-order valence-electron chi connectivity index (χ1n) is 6.47. The number of aromatic hydroxyl groups is 1. The highest BCUT2D eigenvalue weighted by Crippen LogP contribution is 2.29. The SMILES string of the molecule is CCC(C)(OC)C(=O)N(C)C(C)c1ccccc1O. The third kappa shape index (κ3) is 3.07. The van der Waals surface area contributed by atoms with E-state index in [0.29, 0.717) is 6.42 Å². The summed E-state index contributed by atoms with van der Waals surface area (Å²) in [7, 11) is 3.27. The lowest BCUT2D eigenvalue weighted by molar-refractivity contribution is -0.154. The van der Waals surface area contributed by atoms with E-state index in [0.717, 1.165) is 5.56 Å². The Hall–Kier alpha value is -1.55. The first-order chi connectivity index (χ1) is 8.87. The van der Waals surface area contributed by atoms with Crippen molar-refractivity contribution in [1.82, 2.24) is 4.90 Å². The van der Waals surface area contributed by atoms with Gasteiger partial charge in [0.25, 0.3) is 5.91 Å². The van der Waals surface area contributed by atoms with E-state index in [9.17, 15) is 9.90 Å². The minimum Gasteiger partial charge on any atom is -0.508 e. The van der Waals surface area contributed by atoms with Gasteiger partial charge in [-0.3, -0.25) is 4.79 Å². The predicted octanol–water partition coefficient (Wildman–Crippen LogP) is 2.73. The van der Waals surface area contributed by atoms with Gasteiger partial charge in [-0.05, 0) is 26.3 Å². The summed E-state index contributed by atoms with van der Waals surface area (Å²) in [6, 6.07) is 6.84. The highest BCUT2D eigenvalue weighted by Gasteiger charge is 2.35. The zero-order chi connectivity index (χ0) is 14.6. The normalized spacial score (nSPS) is 15.6. The number of carbonyl (C=O) groups is 1. The maximum atomic E-state index is 12.5. The molecule has 0 bridgehead atoms. The molecule has 0 fully saturated rings. The Morgan fingerprint density at radius 1 is 1.47 bits per heavy atom. The molecule has 0 heterocycles. The van der Waals surface area contributed by atoms with Crippen molar-refractivity contribution in [2.24, 2.45) is 0 Å². The van der Waals surface area contributed by atoms with E-state index in [1.54, 1.807) is 38.1 Å². The molecule has 1 aromatic carbocycles. The number of amides is 1. The van der Waals surface area contributed by atoms with Crippen LogP contribution in [0.4, 0.5) is 0 Å². The minimum absolute atomic E-state index is 0.0896. The van der Waals surface area contributed by atoms with Gasteiger partial charge in [-0.1, -0.05) is 25.1 Å². The fourth-order valence-electron chi connectivity index (χ4n) is 1.98. The van der Waals surface area contributed by atoms with Crippen molar-refractivity contribution in [3.63, 3.8) is 0 Å². The summed E-state index contributed by atoms with van der Waals surface area (Å²) in [4.78, 5) is 14.1. The van der Waals surface area contributed by atoms with Crippen LogP contribution in [0.25, 0.3) is 0 Å². The molecule has 1 amide bonds. The van der Waals surface area contributed by atoms with Crippen molar-refractivity contribution in [2.45, 2.75) is 38.8 Å². The van der Waals surface area contributed by atoms with E-state index in [-0.39, 0.29) is 17.7 Å². The molecule has 1 aromatic rings. The number of nitrogens with zero attached hydrogens (tertiary/aromatic N) is 1. The van der Waals surface area contributed by atoms with Gasteiger partial charge in [-0.15, -0.1) is 0 Å². The number of hydrogen-bond acceptors (Lipinski definition) is 3. The van der Waals surface area contributed by atoms with Crippen molar-refractivity contribution >= 4 is 5.91 Å². The van der Waals surface area contributed by atoms with Crippen LogP contribution in [-0.2, 0) is 9.53 Å². The summed E-state index contributed by atoms with van der Waals surface area (Å²) in [5, 5.41) is 9.86. The van der Waals surface area contributed by atoms with Crippen LogP contribution in [0.15, 0.2) is 24.3 Å². The molecule has 2 atom stereocenters. The van der Waals surface area contributed by atoms with E-state index >= 15 is 0 Å².